The largest absolute Gasteiger partial charge is 0.326 e. The fourth-order valence-corrected chi connectivity index (χ4v) is 2.99. The number of nitrogens with two attached hydrogens (primary N) is 1. The highest BCUT2D eigenvalue weighted by molar-refractivity contribution is 7.13. The molecule has 0 bridgehead atoms. The van der Waals surface area contributed by atoms with Crippen LogP contribution in [0.15, 0.2) is 53.9 Å². The Morgan fingerprint density at radius 2 is 1.85 bits per heavy atom. The van der Waals surface area contributed by atoms with Crippen LogP contribution in [0.25, 0.3) is 21.8 Å². The van der Waals surface area contributed by atoms with E-state index in [0.717, 1.165) is 32.4 Å². The van der Waals surface area contributed by atoms with Gasteiger partial charge in [-0.15, -0.1) is 11.3 Å². The highest BCUT2D eigenvalue weighted by atomic mass is 35.5. The standard InChI is InChI=1S/C16H13ClN2S/c17-14-3-1-2-13(8-14)16-19-15(10-20-16)12-6-4-11(9-18)5-7-12/h1-8,10H,9,18H2. The van der Waals surface area contributed by atoms with Crippen LogP contribution in [0.1, 0.15) is 5.56 Å². The second-order valence-electron chi connectivity index (χ2n) is 4.45. The van der Waals surface area contributed by atoms with E-state index in [9.17, 15) is 0 Å². The number of thiazole rings is 1. The average molecular weight is 301 g/mol. The molecule has 2 nitrogen and oxygen atoms in total. The van der Waals surface area contributed by atoms with Gasteiger partial charge >= 0.3 is 0 Å². The summed E-state index contributed by atoms with van der Waals surface area (Å²) in [4.78, 5) is 4.68. The normalized spacial score (nSPS) is 10.7. The number of nitrogens with zero attached hydrogens (tertiary/aromatic N) is 1. The molecular weight excluding hydrogens is 288 g/mol. The summed E-state index contributed by atoms with van der Waals surface area (Å²) in [5.74, 6) is 0. The van der Waals surface area contributed by atoms with Crippen LogP contribution < -0.4 is 5.73 Å². The molecule has 0 fully saturated rings. The quantitative estimate of drug-likeness (QED) is 0.768. The first-order valence-electron chi connectivity index (χ1n) is 6.27. The summed E-state index contributed by atoms with van der Waals surface area (Å²) in [5.41, 5.74) is 9.86. The summed E-state index contributed by atoms with van der Waals surface area (Å²) in [6, 6.07) is 15.9. The van der Waals surface area contributed by atoms with Gasteiger partial charge in [0, 0.05) is 28.1 Å². The second kappa shape index (κ2) is 5.75. The maximum atomic E-state index is 6.02. The van der Waals surface area contributed by atoms with Gasteiger partial charge in [-0.1, -0.05) is 48.0 Å². The zero-order valence-electron chi connectivity index (χ0n) is 10.7. The van der Waals surface area contributed by atoms with Crippen LogP contribution in [0, 0.1) is 0 Å². The van der Waals surface area contributed by atoms with Gasteiger partial charge in [0.15, 0.2) is 0 Å². The smallest absolute Gasteiger partial charge is 0.124 e. The van der Waals surface area contributed by atoms with E-state index in [0.29, 0.717) is 6.54 Å². The molecular formula is C16H13ClN2S. The summed E-state index contributed by atoms with van der Waals surface area (Å²) in [6.07, 6.45) is 0. The summed E-state index contributed by atoms with van der Waals surface area (Å²) >= 11 is 7.64. The van der Waals surface area contributed by atoms with Crippen LogP contribution in [0.2, 0.25) is 5.02 Å². The molecule has 0 aliphatic carbocycles. The van der Waals surface area contributed by atoms with E-state index in [2.05, 4.69) is 22.5 Å². The van der Waals surface area contributed by atoms with Crippen LogP contribution in [0.4, 0.5) is 0 Å². The molecule has 2 aromatic carbocycles. The van der Waals surface area contributed by atoms with Gasteiger partial charge in [-0.05, 0) is 17.7 Å². The van der Waals surface area contributed by atoms with E-state index in [1.807, 2.05) is 36.4 Å². The van der Waals surface area contributed by atoms with E-state index in [-0.39, 0.29) is 0 Å². The molecule has 0 saturated heterocycles. The van der Waals surface area contributed by atoms with E-state index in [1.54, 1.807) is 11.3 Å². The van der Waals surface area contributed by atoms with Gasteiger partial charge in [0.05, 0.1) is 5.69 Å². The highest BCUT2D eigenvalue weighted by Crippen LogP contribution is 2.30. The highest BCUT2D eigenvalue weighted by Gasteiger charge is 2.07. The van der Waals surface area contributed by atoms with Gasteiger partial charge in [0.25, 0.3) is 0 Å². The molecule has 0 amide bonds. The van der Waals surface area contributed by atoms with E-state index in [4.69, 9.17) is 17.3 Å². The minimum atomic E-state index is 0.561. The summed E-state index contributed by atoms with van der Waals surface area (Å²) in [7, 11) is 0. The fraction of sp³-hybridized carbons (Fsp3) is 0.0625. The Balaban J connectivity index is 1.93. The Morgan fingerprint density at radius 3 is 2.55 bits per heavy atom. The van der Waals surface area contributed by atoms with Crippen molar-refractivity contribution in [2.45, 2.75) is 6.54 Å². The van der Waals surface area contributed by atoms with E-state index in [1.165, 1.54) is 0 Å². The number of hydrogen-bond acceptors (Lipinski definition) is 3. The molecule has 0 spiro atoms. The molecule has 0 atom stereocenters. The molecule has 4 heteroatoms. The first-order valence-corrected chi connectivity index (χ1v) is 7.53. The van der Waals surface area contributed by atoms with Gasteiger partial charge in [-0.25, -0.2) is 4.98 Å². The molecule has 20 heavy (non-hydrogen) atoms. The lowest BCUT2D eigenvalue weighted by atomic mass is 10.1. The van der Waals surface area contributed by atoms with Crippen molar-refractivity contribution in [2.75, 3.05) is 0 Å². The predicted molar refractivity (Wildman–Crippen MR) is 85.9 cm³/mol. The van der Waals surface area contributed by atoms with Gasteiger partial charge in [0.2, 0.25) is 0 Å². The first-order chi connectivity index (χ1) is 9.76. The fourth-order valence-electron chi connectivity index (χ4n) is 1.97. The van der Waals surface area contributed by atoms with Crippen molar-refractivity contribution < 1.29 is 0 Å². The minimum absolute atomic E-state index is 0.561. The van der Waals surface area contributed by atoms with Crippen LogP contribution in [0.5, 0.6) is 0 Å². The Kier molecular flexibility index (Phi) is 3.83. The first kappa shape index (κ1) is 13.3. The molecule has 1 heterocycles. The zero-order valence-corrected chi connectivity index (χ0v) is 12.3. The van der Waals surface area contributed by atoms with Crippen molar-refractivity contribution in [3.8, 4) is 21.8 Å². The maximum Gasteiger partial charge on any atom is 0.124 e. The lowest BCUT2D eigenvalue weighted by molar-refractivity contribution is 1.07. The lowest BCUT2D eigenvalue weighted by Gasteiger charge is -1.99. The summed E-state index contributed by atoms with van der Waals surface area (Å²) in [5, 5.41) is 3.77. The number of halogens is 1. The lowest BCUT2D eigenvalue weighted by Crippen LogP contribution is -1.95. The monoisotopic (exact) mass is 300 g/mol. The topological polar surface area (TPSA) is 38.9 Å². The third kappa shape index (κ3) is 2.75. The third-order valence-corrected chi connectivity index (χ3v) is 4.19. The number of hydrogen-bond donors (Lipinski definition) is 1. The Bertz CT molecular complexity index is 719. The van der Waals surface area contributed by atoms with E-state index < -0.39 is 0 Å². The molecule has 2 N–H and O–H groups in total. The Labute approximate surface area is 126 Å². The third-order valence-electron chi connectivity index (χ3n) is 3.06. The van der Waals surface area contributed by atoms with Crippen LogP contribution in [-0.2, 0) is 6.54 Å². The zero-order chi connectivity index (χ0) is 13.9. The summed E-state index contributed by atoms with van der Waals surface area (Å²) < 4.78 is 0. The maximum absolute atomic E-state index is 6.02. The van der Waals surface area contributed by atoms with Crippen molar-refractivity contribution in [1.29, 1.82) is 0 Å². The molecule has 100 valence electrons. The second-order valence-corrected chi connectivity index (χ2v) is 5.74. The molecule has 0 aliphatic heterocycles. The number of aromatic nitrogens is 1. The summed E-state index contributed by atoms with van der Waals surface area (Å²) in [6.45, 7) is 0.561. The van der Waals surface area contributed by atoms with Crippen LogP contribution >= 0.6 is 22.9 Å². The van der Waals surface area contributed by atoms with E-state index >= 15 is 0 Å². The van der Waals surface area contributed by atoms with Crippen molar-refractivity contribution >= 4 is 22.9 Å². The Hall–Kier alpha value is -1.68. The SMILES string of the molecule is NCc1ccc(-c2csc(-c3cccc(Cl)c3)n2)cc1. The number of rotatable bonds is 3. The molecule has 3 aromatic rings. The van der Waals surface area contributed by atoms with Crippen LogP contribution in [0.3, 0.4) is 0 Å². The van der Waals surface area contributed by atoms with Crippen molar-refractivity contribution in [3.63, 3.8) is 0 Å². The molecule has 0 saturated carbocycles. The van der Waals surface area contributed by atoms with Crippen molar-refractivity contribution in [2.24, 2.45) is 5.73 Å². The minimum Gasteiger partial charge on any atom is -0.326 e. The van der Waals surface area contributed by atoms with Gasteiger partial charge < -0.3 is 5.73 Å². The van der Waals surface area contributed by atoms with Gasteiger partial charge in [-0.2, -0.15) is 0 Å². The molecule has 0 aliphatic rings. The van der Waals surface area contributed by atoms with Crippen LogP contribution in [-0.4, -0.2) is 4.98 Å². The predicted octanol–water partition coefficient (Wildman–Crippen LogP) is 4.59. The van der Waals surface area contributed by atoms with Crippen molar-refractivity contribution in [1.82, 2.24) is 4.98 Å². The van der Waals surface area contributed by atoms with Gasteiger partial charge in [-0.3, -0.25) is 0 Å². The molecule has 0 radical (unpaired) electrons. The molecule has 3 rings (SSSR count). The van der Waals surface area contributed by atoms with Crippen molar-refractivity contribution in [3.05, 3.63) is 64.5 Å². The molecule has 1 aromatic heterocycles. The number of benzene rings is 2. The molecule has 0 unspecified atom stereocenters. The van der Waals surface area contributed by atoms with Gasteiger partial charge in [0.1, 0.15) is 5.01 Å². The average Bonchev–Trinajstić information content (AvgIpc) is 2.97. The Morgan fingerprint density at radius 1 is 1.05 bits per heavy atom.